The van der Waals surface area contributed by atoms with Gasteiger partial charge in [0.25, 0.3) is 0 Å². The van der Waals surface area contributed by atoms with Gasteiger partial charge in [-0.05, 0) is 6.92 Å². The van der Waals surface area contributed by atoms with Crippen molar-refractivity contribution >= 4 is 0 Å². The molecule has 28 heavy (non-hydrogen) atoms. The molecule has 0 amide bonds. The van der Waals surface area contributed by atoms with Gasteiger partial charge in [0, 0.05) is 0 Å². The van der Waals surface area contributed by atoms with Crippen molar-refractivity contribution in [3.63, 3.8) is 0 Å². The van der Waals surface area contributed by atoms with Gasteiger partial charge in [0.1, 0.15) is 48.8 Å². The van der Waals surface area contributed by atoms with Gasteiger partial charge in [0.05, 0.1) is 32.5 Å². The Morgan fingerprint density at radius 2 is 1.29 bits per heavy atom. The number of hydrogen-bond acceptors (Lipinski definition) is 13. The van der Waals surface area contributed by atoms with E-state index in [1.165, 1.54) is 6.92 Å². The van der Waals surface area contributed by atoms with Crippen LogP contribution in [0.5, 0.6) is 0 Å². The third kappa shape index (κ3) is 8.08. The van der Waals surface area contributed by atoms with Gasteiger partial charge < -0.3 is 65.6 Å². The minimum atomic E-state index is -1.85. The van der Waals surface area contributed by atoms with Crippen LogP contribution in [0.2, 0.25) is 0 Å². The summed E-state index contributed by atoms with van der Waals surface area (Å²) in [5.74, 6) is 0. The Kier molecular flexibility index (Phi) is 13.4. The molecule has 170 valence electrons. The van der Waals surface area contributed by atoms with E-state index in [-0.39, 0.29) is 6.61 Å². The Hall–Kier alpha value is -0.520. The number of ether oxygens (including phenoxy) is 2. The average Bonchev–Trinajstić information content (AvgIpc) is 2.70. The van der Waals surface area contributed by atoms with Crippen LogP contribution >= 0.6 is 0 Å². The molecular weight excluding hydrogens is 388 g/mol. The lowest BCUT2D eigenvalue weighted by Crippen LogP contribution is -2.61. The van der Waals surface area contributed by atoms with E-state index >= 15 is 0 Å². The summed E-state index contributed by atoms with van der Waals surface area (Å²) in [4.78, 5) is 0. The summed E-state index contributed by atoms with van der Waals surface area (Å²) in [7, 11) is 0. The van der Waals surface area contributed by atoms with Crippen LogP contribution in [0, 0.1) is 0 Å². The first kappa shape index (κ1) is 27.5. The van der Waals surface area contributed by atoms with Crippen molar-refractivity contribution in [2.24, 2.45) is 0 Å². The SMILES string of the molecule is CC(O)CO.OC[C@@H](O)[C@@H](O[C@H]1O[C@H](CO)[C@@H](O)[C@H](O)[C@H]1O)[C@H](O)[C@@H](O)CO. The van der Waals surface area contributed by atoms with Crippen molar-refractivity contribution in [3.05, 3.63) is 0 Å². The van der Waals surface area contributed by atoms with Crippen LogP contribution in [0.15, 0.2) is 0 Å². The topological polar surface area (TPSA) is 241 Å². The molecule has 0 aromatic carbocycles. The highest BCUT2D eigenvalue weighted by Crippen LogP contribution is 2.24. The number of hydrogen-bond donors (Lipinski definition) is 11. The number of aliphatic hydroxyl groups excluding tert-OH is 11. The van der Waals surface area contributed by atoms with E-state index in [1.807, 2.05) is 0 Å². The third-order valence-electron chi connectivity index (χ3n) is 3.89. The highest BCUT2D eigenvalue weighted by Gasteiger charge is 2.46. The zero-order valence-corrected chi connectivity index (χ0v) is 15.3. The summed E-state index contributed by atoms with van der Waals surface area (Å²) in [6.45, 7) is -1.06. The Morgan fingerprint density at radius 1 is 0.786 bits per heavy atom. The monoisotopic (exact) mass is 420 g/mol. The van der Waals surface area contributed by atoms with Crippen LogP contribution < -0.4 is 0 Å². The molecule has 0 radical (unpaired) electrons. The predicted octanol–water partition coefficient (Wildman–Crippen LogP) is -6.40. The molecule has 0 bridgehead atoms. The molecule has 1 fully saturated rings. The quantitative estimate of drug-likeness (QED) is 0.166. The fourth-order valence-electron chi connectivity index (χ4n) is 2.16. The van der Waals surface area contributed by atoms with E-state index in [2.05, 4.69) is 0 Å². The highest BCUT2D eigenvalue weighted by atomic mass is 16.7. The van der Waals surface area contributed by atoms with Crippen molar-refractivity contribution in [1.82, 2.24) is 0 Å². The molecular formula is C15H32O13. The number of aliphatic hydroxyl groups is 11. The Labute approximate surface area is 161 Å². The Balaban J connectivity index is 0.00000129. The largest absolute Gasteiger partial charge is 0.394 e. The summed E-state index contributed by atoms with van der Waals surface area (Å²) < 4.78 is 10.1. The normalized spacial score (nSPS) is 33.2. The van der Waals surface area contributed by atoms with Crippen LogP contribution in [0.3, 0.4) is 0 Å². The molecule has 1 aliphatic rings. The predicted molar refractivity (Wildman–Crippen MR) is 89.6 cm³/mol. The molecule has 1 aliphatic heterocycles. The first-order chi connectivity index (χ1) is 13.0. The van der Waals surface area contributed by atoms with Gasteiger partial charge >= 0.3 is 0 Å². The van der Waals surface area contributed by atoms with E-state index < -0.39 is 81.0 Å². The minimum Gasteiger partial charge on any atom is -0.394 e. The van der Waals surface area contributed by atoms with Crippen LogP contribution in [-0.4, -0.2) is 144 Å². The second kappa shape index (κ2) is 13.7. The summed E-state index contributed by atoms with van der Waals surface area (Å²) >= 11 is 0. The highest BCUT2D eigenvalue weighted by molar-refractivity contribution is 4.91. The van der Waals surface area contributed by atoms with Crippen LogP contribution in [0.4, 0.5) is 0 Å². The molecule has 0 saturated carbocycles. The molecule has 11 N–H and O–H groups in total. The molecule has 1 heterocycles. The van der Waals surface area contributed by atoms with Crippen LogP contribution in [0.25, 0.3) is 0 Å². The van der Waals surface area contributed by atoms with Crippen molar-refractivity contribution in [1.29, 1.82) is 0 Å². The molecule has 0 spiro atoms. The fourth-order valence-corrected chi connectivity index (χ4v) is 2.16. The smallest absolute Gasteiger partial charge is 0.187 e. The first-order valence-corrected chi connectivity index (χ1v) is 8.56. The molecule has 0 aromatic rings. The van der Waals surface area contributed by atoms with Gasteiger partial charge in [-0.1, -0.05) is 0 Å². The standard InChI is InChI=1S/C12H24O11.C3H8O2/c13-1-4(16)7(18)11(5(17)2-14)23-12-10(21)9(20)8(19)6(3-15)22-12;1-3(5)2-4/h4-21H,1-3H2;3-5H,2H2,1H3/t4-,5+,6+,7+,8+,9-,10+,11+,12+;/m0./s1. The zero-order valence-electron chi connectivity index (χ0n) is 15.3. The Morgan fingerprint density at radius 3 is 1.68 bits per heavy atom. The molecule has 1 saturated heterocycles. The summed E-state index contributed by atoms with van der Waals surface area (Å²) in [5.41, 5.74) is 0. The van der Waals surface area contributed by atoms with E-state index in [0.29, 0.717) is 0 Å². The van der Waals surface area contributed by atoms with Crippen molar-refractivity contribution < 1.29 is 65.6 Å². The number of rotatable bonds is 9. The average molecular weight is 420 g/mol. The van der Waals surface area contributed by atoms with Crippen molar-refractivity contribution in [2.45, 2.75) is 68.1 Å². The molecule has 0 aromatic heterocycles. The fraction of sp³-hybridized carbons (Fsp3) is 1.00. The van der Waals surface area contributed by atoms with Gasteiger partial charge in [-0.25, -0.2) is 0 Å². The maximum Gasteiger partial charge on any atom is 0.187 e. The second-order valence-electron chi connectivity index (χ2n) is 6.32. The summed E-state index contributed by atoms with van der Waals surface area (Å²) in [5, 5.41) is 101. The molecule has 0 aliphatic carbocycles. The van der Waals surface area contributed by atoms with Crippen LogP contribution in [-0.2, 0) is 9.47 Å². The minimum absolute atomic E-state index is 0.139. The Bertz CT molecular complexity index is 396. The lowest BCUT2D eigenvalue weighted by Gasteiger charge is -2.42. The summed E-state index contributed by atoms with van der Waals surface area (Å²) in [6.07, 6.45) is -15.6. The van der Waals surface area contributed by atoms with Crippen LogP contribution in [0.1, 0.15) is 6.92 Å². The first-order valence-electron chi connectivity index (χ1n) is 8.56. The third-order valence-corrected chi connectivity index (χ3v) is 3.89. The lowest BCUT2D eigenvalue weighted by atomic mass is 9.98. The molecule has 1 unspecified atom stereocenters. The maximum absolute atomic E-state index is 9.83. The zero-order chi connectivity index (χ0) is 22.0. The molecule has 10 atom stereocenters. The maximum atomic E-state index is 9.83. The lowest BCUT2D eigenvalue weighted by molar-refractivity contribution is -0.327. The summed E-state index contributed by atoms with van der Waals surface area (Å²) in [6, 6.07) is 0. The van der Waals surface area contributed by atoms with Gasteiger partial charge in [0.15, 0.2) is 6.29 Å². The van der Waals surface area contributed by atoms with Gasteiger partial charge in [0.2, 0.25) is 0 Å². The van der Waals surface area contributed by atoms with Gasteiger partial charge in [-0.2, -0.15) is 0 Å². The van der Waals surface area contributed by atoms with E-state index in [1.54, 1.807) is 0 Å². The van der Waals surface area contributed by atoms with E-state index in [0.717, 1.165) is 0 Å². The van der Waals surface area contributed by atoms with Gasteiger partial charge in [-0.3, -0.25) is 0 Å². The second-order valence-corrected chi connectivity index (χ2v) is 6.32. The molecule has 13 nitrogen and oxygen atoms in total. The molecule has 1 rings (SSSR count). The van der Waals surface area contributed by atoms with E-state index in [4.69, 9.17) is 35.0 Å². The van der Waals surface area contributed by atoms with Crippen molar-refractivity contribution in [3.8, 4) is 0 Å². The van der Waals surface area contributed by atoms with E-state index in [9.17, 15) is 30.6 Å². The van der Waals surface area contributed by atoms with Gasteiger partial charge in [-0.15, -0.1) is 0 Å². The van der Waals surface area contributed by atoms with Crippen molar-refractivity contribution in [2.75, 3.05) is 26.4 Å². The molecule has 13 heteroatoms.